The highest BCUT2D eigenvalue weighted by atomic mass is 16.5. The number of hydrogen-bond donors (Lipinski definition) is 1. The highest BCUT2D eigenvalue weighted by molar-refractivity contribution is 5.75. The third-order valence-electron chi connectivity index (χ3n) is 5.19. The predicted octanol–water partition coefficient (Wildman–Crippen LogP) is 2.31. The maximum atomic E-state index is 11.9. The number of carboxylic acid groups (broad SMARTS) is 1. The lowest BCUT2D eigenvalue weighted by atomic mass is 9.76. The van der Waals surface area contributed by atoms with E-state index in [0.717, 1.165) is 32.4 Å². The molecule has 1 saturated heterocycles. The average molecular weight is 321 g/mol. The first-order valence-corrected chi connectivity index (χ1v) is 8.60. The lowest BCUT2D eigenvalue weighted by Crippen LogP contribution is -2.47. The molecule has 0 radical (unpaired) electrons. The van der Waals surface area contributed by atoms with Crippen molar-refractivity contribution in [1.82, 2.24) is 14.5 Å². The van der Waals surface area contributed by atoms with Crippen LogP contribution in [0.1, 0.15) is 50.3 Å². The Kier molecular flexibility index (Phi) is 5.02. The molecule has 1 atom stereocenters. The fraction of sp³-hybridized carbons (Fsp3) is 0.765. The van der Waals surface area contributed by atoms with Gasteiger partial charge in [0.2, 0.25) is 0 Å². The van der Waals surface area contributed by atoms with Gasteiger partial charge < -0.3 is 14.4 Å². The van der Waals surface area contributed by atoms with Crippen molar-refractivity contribution in [1.29, 1.82) is 0 Å². The van der Waals surface area contributed by atoms with Crippen molar-refractivity contribution >= 4 is 5.97 Å². The largest absolute Gasteiger partial charge is 0.481 e. The van der Waals surface area contributed by atoms with Gasteiger partial charge in [-0.3, -0.25) is 9.69 Å². The van der Waals surface area contributed by atoms with Crippen molar-refractivity contribution in [2.45, 2.75) is 51.1 Å². The molecule has 1 saturated carbocycles. The Bertz CT molecular complexity index is 541. The van der Waals surface area contributed by atoms with E-state index in [0.29, 0.717) is 25.6 Å². The highest BCUT2D eigenvalue weighted by Gasteiger charge is 2.42. The summed E-state index contributed by atoms with van der Waals surface area (Å²) in [6, 6.07) is 0.614. The summed E-state index contributed by atoms with van der Waals surface area (Å²) in [6.45, 7) is 3.02. The van der Waals surface area contributed by atoms with Gasteiger partial charge in [-0.05, 0) is 45.1 Å². The number of likely N-dealkylation sites (tertiary alicyclic amines) is 1. The molecule has 0 bridgehead atoms. The molecular formula is C17H27N3O3. The summed E-state index contributed by atoms with van der Waals surface area (Å²) in [5, 5.41) is 9.80. The Morgan fingerprint density at radius 3 is 3.04 bits per heavy atom. The molecule has 1 aromatic heterocycles. The lowest BCUT2D eigenvalue weighted by Gasteiger charge is -2.40. The molecule has 23 heavy (non-hydrogen) atoms. The zero-order valence-electron chi connectivity index (χ0n) is 13.9. The lowest BCUT2D eigenvalue weighted by molar-refractivity contribution is -0.153. The molecule has 1 unspecified atom stereocenters. The molecule has 1 N–H and O–H groups in total. The van der Waals surface area contributed by atoms with Crippen LogP contribution >= 0.6 is 0 Å². The molecular weight excluding hydrogens is 294 g/mol. The minimum atomic E-state index is -0.658. The van der Waals surface area contributed by atoms with Gasteiger partial charge in [-0.15, -0.1) is 0 Å². The number of ether oxygens (including phenoxy) is 1. The standard InChI is InChI=1S/C17H27N3O3/c1-23-9-3-7-17(16(21)22)6-2-8-19(12-17)11-15-10-18-13-20(15)14-4-5-14/h10,13-14H,2-9,11-12H2,1H3,(H,21,22). The van der Waals surface area contributed by atoms with Crippen LogP contribution in [0, 0.1) is 5.41 Å². The number of piperidine rings is 1. The van der Waals surface area contributed by atoms with Crippen LogP contribution in [0.25, 0.3) is 0 Å². The van der Waals surface area contributed by atoms with Crippen LogP contribution in [0.2, 0.25) is 0 Å². The highest BCUT2D eigenvalue weighted by Crippen LogP contribution is 2.38. The molecule has 0 amide bonds. The topological polar surface area (TPSA) is 67.6 Å². The van der Waals surface area contributed by atoms with Gasteiger partial charge in [0.05, 0.1) is 17.4 Å². The molecule has 3 rings (SSSR count). The number of carbonyl (C=O) groups is 1. The van der Waals surface area contributed by atoms with Crippen LogP contribution in [-0.2, 0) is 16.1 Å². The molecule has 2 heterocycles. The number of carboxylic acids is 1. The van der Waals surface area contributed by atoms with Crippen LogP contribution in [-0.4, -0.2) is 52.3 Å². The first kappa shape index (κ1) is 16.5. The summed E-state index contributed by atoms with van der Waals surface area (Å²) in [5.74, 6) is -0.658. The Morgan fingerprint density at radius 1 is 1.52 bits per heavy atom. The molecule has 2 fully saturated rings. The van der Waals surface area contributed by atoms with E-state index in [4.69, 9.17) is 4.74 Å². The van der Waals surface area contributed by atoms with Gasteiger partial charge in [-0.1, -0.05) is 0 Å². The van der Waals surface area contributed by atoms with Crippen molar-refractivity contribution in [3.8, 4) is 0 Å². The Labute approximate surface area is 137 Å². The molecule has 0 aromatic carbocycles. The predicted molar refractivity (Wildman–Crippen MR) is 86.2 cm³/mol. The van der Waals surface area contributed by atoms with Crippen LogP contribution in [0.15, 0.2) is 12.5 Å². The van der Waals surface area contributed by atoms with E-state index in [9.17, 15) is 9.90 Å². The minimum Gasteiger partial charge on any atom is -0.481 e. The van der Waals surface area contributed by atoms with E-state index in [1.54, 1.807) is 7.11 Å². The maximum Gasteiger partial charge on any atom is 0.310 e. The summed E-state index contributed by atoms with van der Waals surface area (Å²) in [5.41, 5.74) is 0.590. The first-order chi connectivity index (χ1) is 11.1. The molecule has 128 valence electrons. The number of aliphatic carboxylic acids is 1. The quantitative estimate of drug-likeness (QED) is 0.744. The fourth-order valence-electron chi connectivity index (χ4n) is 3.77. The third-order valence-corrected chi connectivity index (χ3v) is 5.19. The second-order valence-corrected chi connectivity index (χ2v) is 7.02. The zero-order chi connectivity index (χ0) is 16.3. The third kappa shape index (κ3) is 3.75. The number of nitrogens with zero attached hydrogens (tertiary/aromatic N) is 3. The van der Waals surface area contributed by atoms with Crippen molar-refractivity contribution in [3.63, 3.8) is 0 Å². The summed E-state index contributed by atoms with van der Waals surface area (Å²) in [4.78, 5) is 18.5. The van der Waals surface area contributed by atoms with E-state index in [2.05, 4.69) is 14.5 Å². The van der Waals surface area contributed by atoms with Gasteiger partial charge in [-0.25, -0.2) is 4.98 Å². The van der Waals surface area contributed by atoms with Gasteiger partial charge in [-0.2, -0.15) is 0 Å². The van der Waals surface area contributed by atoms with Crippen LogP contribution in [0.3, 0.4) is 0 Å². The van der Waals surface area contributed by atoms with E-state index < -0.39 is 11.4 Å². The van der Waals surface area contributed by atoms with Crippen molar-refractivity contribution in [2.24, 2.45) is 5.41 Å². The molecule has 6 nitrogen and oxygen atoms in total. The summed E-state index contributed by atoms with van der Waals surface area (Å²) in [7, 11) is 1.67. The van der Waals surface area contributed by atoms with E-state index in [1.165, 1.54) is 18.5 Å². The Hall–Kier alpha value is -1.40. The van der Waals surface area contributed by atoms with E-state index >= 15 is 0 Å². The molecule has 1 aliphatic carbocycles. The van der Waals surface area contributed by atoms with Crippen molar-refractivity contribution < 1.29 is 14.6 Å². The maximum absolute atomic E-state index is 11.9. The molecule has 0 spiro atoms. The Balaban J connectivity index is 1.65. The smallest absolute Gasteiger partial charge is 0.310 e. The summed E-state index contributed by atoms with van der Waals surface area (Å²) in [6.07, 6.45) is 9.52. The zero-order valence-corrected chi connectivity index (χ0v) is 13.9. The van der Waals surface area contributed by atoms with Crippen LogP contribution in [0.5, 0.6) is 0 Å². The summed E-state index contributed by atoms with van der Waals surface area (Å²) >= 11 is 0. The van der Waals surface area contributed by atoms with Crippen LogP contribution < -0.4 is 0 Å². The van der Waals surface area contributed by atoms with Gasteiger partial charge in [0.15, 0.2) is 0 Å². The number of imidazole rings is 1. The van der Waals surface area contributed by atoms with Gasteiger partial charge >= 0.3 is 5.97 Å². The average Bonchev–Trinajstić information content (AvgIpc) is 3.28. The van der Waals surface area contributed by atoms with Crippen LogP contribution in [0.4, 0.5) is 0 Å². The van der Waals surface area contributed by atoms with Crippen molar-refractivity contribution in [2.75, 3.05) is 26.8 Å². The van der Waals surface area contributed by atoms with E-state index in [-0.39, 0.29) is 0 Å². The number of hydrogen-bond acceptors (Lipinski definition) is 4. The minimum absolute atomic E-state index is 0.614. The normalized spacial score (nSPS) is 25.6. The number of aromatic nitrogens is 2. The molecule has 1 aliphatic heterocycles. The number of rotatable bonds is 8. The second-order valence-electron chi connectivity index (χ2n) is 7.02. The van der Waals surface area contributed by atoms with Gasteiger partial charge in [0.1, 0.15) is 0 Å². The second kappa shape index (κ2) is 7.01. The van der Waals surface area contributed by atoms with Gasteiger partial charge in [0.25, 0.3) is 0 Å². The monoisotopic (exact) mass is 321 g/mol. The number of methoxy groups -OCH3 is 1. The molecule has 6 heteroatoms. The summed E-state index contributed by atoms with van der Waals surface area (Å²) < 4.78 is 7.37. The Morgan fingerprint density at radius 2 is 2.35 bits per heavy atom. The molecule has 1 aromatic rings. The van der Waals surface area contributed by atoms with Gasteiger partial charge in [0, 0.05) is 39.0 Å². The molecule has 2 aliphatic rings. The van der Waals surface area contributed by atoms with E-state index in [1.807, 2.05) is 12.5 Å². The fourth-order valence-corrected chi connectivity index (χ4v) is 3.77. The first-order valence-electron chi connectivity index (χ1n) is 8.60. The SMILES string of the molecule is COCCCC1(C(=O)O)CCCN(Cc2cncn2C2CC2)C1. The van der Waals surface area contributed by atoms with Crippen molar-refractivity contribution in [3.05, 3.63) is 18.2 Å².